The molecule has 0 bridgehead atoms. The average Bonchev–Trinajstić information content (AvgIpc) is 2.72. The summed E-state index contributed by atoms with van der Waals surface area (Å²) in [4.78, 5) is 0. The minimum absolute atomic E-state index is 0.488. The zero-order valence-corrected chi connectivity index (χ0v) is 10.7. The van der Waals surface area contributed by atoms with Gasteiger partial charge in [0.15, 0.2) is 0 Å². The Labute approximate surface area is 103 Å². The van der Waals surface area contributed by atoms with Crippen LogP contribution in [-0.4, -0.2) is 15.0 Å². The molecule has 0 saturated heterocycles. The number of nitrogens with zero attached hydrogens (tertiary/aromatic N) is 3. The van der Waals surface area contributed by atoms with Crippen LogP contribution in [0.3, 0.4) is 0 Å². The van der Waals surface area contributed by atoms with Gasteiger partial charge in [0.1, 0.15) is 0 Å². The van der Waals surface area contributed by atoms with Gasteiger partial charge in [0.2, 0.25) is 0 Å². The van der Waals surface area contributed by atoms with E-state index in [9.17, 15) is 0 Å². The molecule has 0 radical (unpaired) electrons. The summed E-state index contributed by atoms with van der Waals surface area (Å²) in [5, 5.41) is 8.44. The number of allylic oxidation sites excluding steroid dienone is 1. The van der Waals surface area contributed by atoms with Crippen molar-refractivity contribution in [2.75, 3.05) is 0 Å². The highest BCUT2D eigenvalue weighted by atomic mass is 15.4. The highest BCUT2D eigenvalue weighted by Crippen LogP contribution is 2.33. The third kappa shape index (κ3) is 2.75. The molecule has 94 valence electrons. The quantitative estimate of drug-likeness (QED) is 0.814. The zero-order chi connectivity index (χ0) is 12.3. The average molecular weight is 234 g/mol. The lowest BCUT2D eigenvalue weighted by Gasteiger charge is -2.23. The van der Waals surface area contributed by atoms with Crippen LogP contribution >= 0.6 is 0 Å². The first-order chi connectivity index (χ1) is 8.22. The van der Waals surface area contributed by atoms with E-state index in [-0.39, 0.29) is 0 Å². The highest BCUT2D eigenvalue weighted by molar-refractivity contribution is 5.17. The summed E-state index contributed by atoms with van der Waals surface area (Å²) < 4.78 is 2.00. The number of rotatable bonds is 4. The Morgan fingerprint density at radius 1 is 1.41 bits per heavy atom. The summed E-state index contributed by atoms with van der Waals surface area (Å²) in [6.07, 6.45) is 6.48. The maximum absolute atomic E-state index is 5.76. The summed E-state index contributed by atoms with van der Waals surface area (Å²) in [5.74, 6) is 0.594. The molecule has 2 N–H and O–H groups in total. The van der Waals surface area contributed by atoms with Crippen molar-refractivity contribution in [2.24, 2.45) is 5.73 Å². The van der Waals surface area contributed by atoms with Crippen LogP contribution in [0.2, 0.25) is 0 Å². The van der Waals surface area contributed by atoms with Gasteiger partial charge in [-0.2, -0.15) is 0 Å². The Morgan fingerprint density at radius 2 is 2.12 bits per heavy atom. The van der Waals surface area contributed by atoms with Crippen molar-refractivity contribution >= 4 is 0 Å². The Morgan fingerprint density at radius 3 is 2.71 bits per heavy atom. The van der Waals surface area contributed by atoms with Gasteiger partial charge in [-0.3, -0.25) is 0 Å². The first-order valence-electron chi connectivity index (χ1n) is 6.49. The molecule has 0 atom stereocenters. The molecule has 1 fully saturated rings. The smallest absolute Gasteiger partial charge is 0.0997 e. The molecule has 4 nitrogen and oxygen atoms in total. The van der Waals surface area contributed by atoms with Crippen molar-refractivity contribution in [3.8, 4) is 0 Å². The van der Waals surface area contributed by atoms with Crippen LogP contribution in [0.5, 0.6) is 0 Å². The minimum Gasteiger partial charge on any atom is -0.325 e. The third-order valence-electron chi connectivity index (χ3n) is 3.45. The Kier molecular flexibility index (Phi) is 3.94. The van der Waals surface area contributed by atoms with E-state index in [0.29, 0.717) is 12.5 Å². The second-order valence-corrected chi connectivity index (χ2v) is 5.08. The molecular weight excluding hydrogens is 212 g/mol. The fourth-order valence-electron chi connectivity index (χ4n) is 2.70. The molecule has 0 aromatic carbocycles. The lowest BCUT2D eigenvalue weighted by Crippen LogP contribution is -2.15. The standard InChI is InChI=1S/C13H22N4/c1-10(2)9-17-13(12(8-14)15-16-17)11-6-4-3-5-7-11/h11H,1,3-9,14H2,2H3. The molecule has 1 aromatic rings. The van der Waals surface area contributed by atoms with Crippen molar-refractivity contribution < 1.29 is 0 Å². The molecule has 4 heteroatoms. The predicted molar refractivity (Wildman–Crippen MR) is 68.6 cm³/mol. The largest absolute Gasteiger partial charge is 0.325 e. The number of hydrogen-bond acceptors (Lipinski definition) is 3. The summed E-state index contributed by atoms with van der Waals surface area (Å²) >= 11 is 0. The minimum atomic E-state index is 0.488. The second kappa shape index (κ2) is 5.45. The SMILES string of the molecule is C=C(C)Cn1nnc(CN)c1C1CCCCC1. The molecule has 2 rings (SSSR count). The van der Waals surface area contributed by atoms with E-state index in [1.54, 1.807) is 0 Å². The van der Waals surface area contributed by atoms with Crippen molar-refractivity contribution in [1.29, 1.82) is 0 Å². The normalized spacial score (nSPS) is 17.3. The molecule has 17 heavy (non-hydrogen) atoms. The van der Waals surface area contributed by atoms with E-state index in [0.717, 1.165) is 17.8 Å². The van der Waals surface area contributed by atoms with Crippen molar-refractivity contribution in [3.63, 3.8) is 0 Å². The van der Waals surface area contributed by atoms with E-state index in [1.165, 1.54) is 37.8 Å². The van der Waals surface area contributed by atoms with Crippen LogP contribution in [0.4, 0.5) is 0 Å². The van der Waals surface area contributed by atoms with E-state index in [4.69, 9.17) is 5.73 Å². The molecular formula is C13H22N4. The summed E-state index contributed by atoms with van der Waals surface area (Å²) in [6, 6.07) is 0. The van der Waals surface area contributed by atoms with Crippen LogP contribution in [0.1, 0.15) is 56.3 Å². The maximum atomic E-state index is 5.76. The van der Waals surface area contributed by atoms with Crippen LogP contribution in [0.15, 0.2) is 12.2 Å². The third-order valence-corrected chi connectivity index (χ3v) is 3.45. The zero-order valence-electron chi connectivity index (χ0n) is 10.7. The molecule has 1 saturated carbocycles. The summed E-state index contributed by atoms with van der Waals surface area (Å²) in [7, 11) is 0. The van der Waals surface area contributed by atoms with Gasteiger partial charge >= 0.3 is 0 Å². The van der Waals surface area contributed by atoms with E-state index in [2.05, 4.69) is 16.9 Å². The van der Waals surface area contributed by atoms with Crippen LogP contribution < -0.4 is 5.73 Å². The van der Waals surface area contributed by atoms with Gasteiger partial charge < -0.3 is 5.73 Å². The lowest BCUT2D eigenvalue weighted by molar-refractivity contribution is 0.417. The van der Waals surface area contributed by atoms with E-state index < -0.39 is 0 Å². The van der Waals surface area contributed by atoms with E-state index >= 15 is 0 Å². The molecule has 0 spiro atoms. The second-order valence-electron chi connectivity index (χ2n) is 5.08. The fraction of sp³-hybridized carbons (Fsp3) is 0.692. The first kappa shape index (κ1) is 12.3. The summed E-state index contributed by atoms with van der Waals surface area (Å²) in [6.45, 7) is 7.23. The molecule has 1 aliphatic carbocycles. The molecule has 0 unspecified atom stereocenters. The Balaban J connectivity index is 2.27. The van der Waals surface area contributed by atoms with Gasteiger partial charge in [0, 0.05) is 12.5 Å². The number of nitrogens with two attached hydrogens (primary N) is 1. The number of hydrogen-bond donors (Lipinski definition) is 1. The van der Waals surface area contributed by atoms with Crippen LogP contribution in [0, 0.1) is 0 Å². The van der Waals surface area contributed by atoms with Gasteiger partial charge in [-0.05, 0) is 19.8 Å². The molecule has 0 aliphatic heterocycles. The van der Waals surface area contributed by atoms with Crippen molar-refractivity contribution in [1.82, 2.24) is 15.0 Å². The number of aromatic nitrogens is 3. The van der Waals surface area contributed by atoms with Crippen LogP contribution in [-0.2, 0) is 13.1 Å². The summed E-state index contributed by atoms with van der Waals surface area (Å²) in [5.41, 5.74) is 9.10. The molecule has 1 aliphatic rings. The first-order valence-corrected chi connectivity index (χ1v) is 6.49. The van der Waals surface area contributed by atoms with E-state index in [1.807, 2.05) is 11.6 Å². The highest BCUT2D eigenvalue weighted by Gasteiger charge is 2.23. The molecule has 0 amide bonds. The predicted octanol–water partition coefficient (Wildman–Crippen LogP) is 2.36. The monoisotopic (exact) mass is 234 g/mol. The van der Waals surface area contributed by atoms with Crippen molar-refractivity contribution in [3.05, 3.63) is 23.5 Å². The topological polar surface area (TPSA) is 56.7 Å². The van der Waals surface area contributed by atoms with Gasteiger partial charge in [-0.15, -0.1) is 5.10 Å². The van der Waals surface area contributed by atoms with Crippen molar-refractivity contribution in [2.45, 2.75) is 58.0 Å². The fourth-order valence-corrected chi connectivity index (χ4v) is 2.70. The Hall–Kier alpha value is -1.16. The maximum Gasteiger partial charge on any atom is 0.0997 e. The molecule has 1 aromatic heterocycles. The van der Waals surface area contributed by atoms with Gasteiger partial charge in [0.05, 0.1) is 17.9 Å². The molecule has 1 heterocycles. The Bertz CT molecular complexity index is 388. The van der Waals surface area contributed by atoms with Gasteiger partial charge in [-0.1, -0.05) is 36.6 Å². The van der Waals surface area contributed by atoms with Gasteiger partial charge in [0.25, 0.3) is 0 Å². The van der Waals surface area contributed by atoms with Gasteiger partial charge in [-0.25, -0.2) is 4.68 Å². The van der Waals surface area contributed by atoms with Crippen LogP contribution in [0.25, 0.3) is 0 Å². The lowest BCUT2D eigenvalue weighted by atomic mass is 9.86.